The number of halogens is 1. The van der Waals surface area contributed by atoms with Gasteiger partial charge in [0, 0.05) is 17.5 Å². The molecule has 0 spiro atoms. The molecule has 1 aromatic carbocycles. The number of hydrogen-bond acceptors (Lipinski definition) is 3. The molecule has 5 heteroatoms. The Hall–Kier alpha value is -1.78. The Kier molecular flexibility index (Phi) is 4.80. The highest BCUT2D eigenvalue weighted by atomic mass is 35.5. The van der Waals surface area contributed by atoms with Gasteiger partial charge in [-0.05, 0) is 24.5 Å². The number of nitrogens with one attached hydrogen (secondary N) is 3. The molecule has 22 heavy (non-hydrogen) atoms. The Labute approximate surface area is 135 Å². The number of carbonyl (C=O) groups excluding carboxylic acids is 1. The molecule has 0 radical (unpaired) electrons. The average molecular weight is 318 g/mol. The number of hydrogen-bond donors (Lipinski definition) is 3. The summed E-state index contributed by atoms with van der Waals surface area (Å²) < 4.78 is 0. The van der Waals surface area contributed by atoms with Gasteiger partial charge in [0.15, 0.2) is 0 Å². The Morgan fingerprint density at radius 3 is 2.95 bits per heavy atom. The minimum Gasteiger partial charge on any atom is -0.347 e. The van der Waals surface area contributed by atoms with Gasteiger partial charge >= 0.3 is 0 Å². The molecule has 2 aliphatic rings. The van der Waals surface area contributed by atoms with Gasteiger partial charge in [0.25, 0.3) is 0 Å². The highest BCUT2D eigenvalue weighted by molar-refractivity contribution is 6.18. The van der Waals surface area contributed by atoms with E-state index in [9.17, 15) is 4.79 Å². The molecular formula is C17H20ClN3O. The molecule has 3 N–H and O–H groups in total. The molecule has 3 rings (SSSR count). The average Bonchev–Trinajstić information content (AvgIpc) is 2.82. The summed E-state index contributed by atoms with van der Waals surface area (Å²) in [5.41, 5.74) is 8.33. The fourth-order valence-electron chi connectivity index (χ4n) is 2.97. The molecule has 1 amide bonds. The number of carbonyl (C=O) groups is 1. The first-order valence-corrected chi connectivity index (χ1v) is 8.12. The zero-order valence-electron chi connectivity index (χ0n) is 12.3. The Balaban J connectivity index is 1.69. The fraction of sp³-hybridized carbons (Fsp3) is 0.353. The van der Waals surface area contributed by atoms with Gasteiger partial charge in [0.2, 0.25) is 5.91 Å². The van der Waals surface area contributed by atoms with Gasteiger partial charge in [0.1, 0.15) is 6.04 Å². The van der Waals surface area contributed by atoms with E-state index >= 15 is 0 Å². The van der Waals surface area contributed by atoms with E-state index < -0.39 is 0 Å². The predicted octanol–water partition coefficient (Wildman–Crippen LogP) is 2.41. The van der Waals surface area contributed by atoms with Crippen molar-refractivity contribution in [1.82, 2.24) is 16.2 Å². The van der Waals surface area contributed by atoms with Crippen molar-refractivity contribution >= 4 is 17.5 Å². The van der Waals surface area contributed by atoms with Crippen LogP contribution in [0.5, 0.6) is 0 Å². The third kappa shape index (κ3) is 3.18. The summed E-state index contributed by atoms with van der Waals surface area (Å²) in [5.74, 6) is 0.518. The molecule has 1 heterocycles. The summed E-state index contributed by atoms with van der Waals surface area (Å²) in [7, 11) is 0. The second-order valence-corrected chi connectivity index (χ2v) is 5.92. The summed E-state index contributed by atoms with van der Waals surface area (Å²) in [6, 6.07) is 9.38. The second kappa shape index (κ2) is 6.99. The van der Waals surface area contributed by atoms with Gasteiger partial charge in [-0.2, -0.15) is 0 Å². The van der Waals surface area contributed by atoms with Gasteiger partial charge in [-0.25, -0.2) is 5.43 Å². The van der Waals surface area contributed by atoms with E-state index in [2.05, 4.69) is 22.2 Å². The molecule has 1 aliphatic heterocycles. The van der Waals surface area contributed by atoms with Gasteiger partial charge in [-0.3, -0.25) is 4.79 Å². The molecule has 0 aromatic heterocycles. The van der Waals surface area contributed by atoms with Crippen molar-refractivity contribution in [3.8, 4) is 0 Å². The topological polar surface area (TPSA) is 53.2 Å². The number of alkyl halides is 1. The van der Waals surface area contributed by atoms with Crippen LogP contribution in [0.15, 0.2) is 54.3 Å². The molecule has 1 saturated heterocycles. The zero-order chi connectivity index (χ0) is 15.4. The quantitative estimate of drug-likeness (QED) is 0.748. The van der Waals surface area contributed by atoms with Crippen molar-refractivity contribution in [2.45, 2.75) is 24.9 Å². The van der Waals surface area contributed by atoms with Crippen LogP contribution >= 0.6 is 11.6 Å². The van der Waals surface area contributed by atoms with Crippen molar-refractivity contribution in [3.63, 3.8) is 0 Å². The molecule has 2 unspecified atom stereocenters. The lowest BCUT2D eigenvalue weighted by atomic mass is 9.93. The van der Waals surface area contributed by atoms with Gasteiger partial charge in [-0.15, -0.1) is 11.6 Å². The molecule has 0 saturated carbocycles. The van der Waals surface area contributed by atoms with E-state index in [0.29, 0.717) is 5.88 Å². The number of allylic oxidation sites excluding steroid dienone is 3. The first-order chi connectivity index (χ1) is 10.8. The highest BCUT2D eigenvalue weighted by Gasteiger charge is 2.36. The van der Waals surface area contributed by atoms with E-state index in [-0.39, 0.29) is 23.9 Å². The van der Waals surface area contributed by atoms with Crippen LogP contribution < -0.4 is 16.2 Å². The van der Waals surface area contributed by atoms with Gasteiger partial charge in [-0.1, -0.05) is 42.5 Å². The van der Waals surface area contributed by atoms with Crippen LogP contribution in [0.1, 0.15) is 24.4 Å². The standard InChI is InChI=1S/C17H20ClN3O/c18-11-15(12-7-3-1-4-8-12)19-17(22)16-13-9-5-2-6-10-14(13)20-21-16/h1-4,6-8,10,13,15-16,20-21H,5,9,11H2,(H,19,22)/t13?,15-,16?/m0/s1. The van der Waals surface area contributed by atoms with Crippen LogP contribution in [0.3, 0.4) is 0 Å². The molecule has 3 atom stereocenters. The zero-order valence-corrected chi connectivity index (χ0v) is 13.0. The lowest BCUT2D eigenvalue weighted by Gasteiger charge is -2.22. The molecule has 1 aliphatic carbocycles. The normalized spacial score (nSPS) is 24.7. The Bertz CT molecular complexity index is 585. The van der Waals surface area contributed by atoms with Crippen molar-refractivity contribution in [2.24, 2.45) is 5.92 Å². The summed E-state index contributed by atoms with van der Waals surface area (Å²) in [6.07, 6.45) is 8.14. The van der Waals surface area contributed by atoms with Crippen LogP contribution in [0, 0.1) is 5.92 Å². The van der Waals surface area contributed by atoms with Gasteiger partial charge in [0.05, 0.1) is 6.04 Å². The molecule has 116 valence electrons. The van der Waals surface area contributed by atoms with E-state index in [1.807, 2.05) is 42.5 Å². The maximum atomic E-state index is 12.6. The maximum Gasteiger partial charge on any atom is 0.240 e. The lowest BCUT2D eigenvalue weighted by molar-refractivity contribution is -0.124. The van der Waals surface area contributed by atoms with Crippen molar-refractivity contribution in [1.29, 1.82) is 0 Å². The summed E-state index contributed by atoms with van der Waals surface area (Å²) >= 11 is 6.04. The maximum absolute atomic E-state index is 12.6. The highest BCUT2D eigenvalue weighted by Crippen LogP contribution is 2.27. The third-order valence-corrected chi connectivity index (χ3v) is 4.49. The van der Waals surface area contributed by atoms with E-state index in [0.717, 1.165) is 24.1 Å². The van der Waals surface area contributed by atoms with Crippen molar-refractivity contribution < 1.29 is 4.79 Å². The SMILES string of the molecule is O=C(N[C@@H](CCl)c1ccccc1)C1NNC2=CC=CCCC21. The third-order valence-electron chi connectivity index (χ3n) is 4.19. The fourth-order valence-corrected chi connectivity index (χ4v) is 3.23. The lowest BCUT2D eigenvalue weighted by Crippen LogP contribution is -2.47. The number of amides is 1. The van der Waals surface area contributed by atoms with Crippen LogP contribution in [0.25, 0.3) is 0 Å². The van der Waals surface area contributed by atoms with E-state index in [1.54, 1.807) is 0 Å². The summed E-state index contributed by atoms with van der Waals surface area (Å²) in [6.45, 7) is 0. The first-order valence-electron chi connectivity index (χ1n) is 7.59. The Morgan fingerprint density at radius 2 is 2.18 bits per heavy atom. The number of fused-ring (bicyclic) bond motifs is 1. The number of hydrazine groups is 1. The second-order valence-electron chi connectivity index (χ2n) is 5.61. The molecule has 1 aromatic rings. The number of benzene rings is 1. The van der Waals surface area contributed by atoms with Gasteiger partial charge < -0.3 is 10.7 Å². The summed E-state index contributed by atoms with van der Waals surface area (Å²) in [5, 5.41) is 3.06. The van der Waals surface area contributed by atoms with Crippen molar-refractivity contribution in [3.05, 3.63) is 59.8 Å². The van der Waals surface area contributed by atoms with Crippen LogP contribution in [-0.2, 0) is 4.79 Å². The largest absolute Gasteiger partial charge is 0.347 e. The molecule has 0 bridgehead atoms. The minimum atomic E-state index is -0.263. The van der Waals surface area contributed by atoms with Crippen LogP contribution in [-0.4, -0.2) is 17.8 Å². The van der Waals surface area contributed by atoms with Crippen molar-refractivity contribution in [2.75, 3.05) is 5.88 Å². The minimum absolute atomic E-state index is 0.0164. The monoisotopic (exact) mass is 317 g/mol. The van der Waals surface area contributed by atoms with Crippen LogP contribution in [0.2, 0.25) is 0 Å². The van der Waals surface area contributed by atoms with E-state index in [1.165, 1.54) is 0 Å². The predicted molar refractivity (Wildman–Crippen MR) is 88.1 cm³/mol. The smallest absolute Gasteiger partial charge is 0.240 e. The van der Waals surface area contributed by atoms with Crippen LogP contribution in [0.4, 0.5) is 0 Å². The molecule has 1 fully saturated rings. The summed E-state index contributed by atoms with van der Waals surface area (Å²) in [4.78, 5) is 12.6. The van der Waals surface area contributed by atoms with E-state index in [4.69, 9.17) is 11.6 Å². The number of rotatable bonds is 4. The molecule has 4 nitrogen and oxygen atoms in total. The Morgan fingerprint density at radius 1 is 1.36 bits per heavy atom. The molecular weight excluding hydrogens is 298 g/mol. The first kappa shape index (κ1) is 15.1.